The number of nitrogens with one attached hydrogen (secondary N) is 1. The zero-order valence-electron chi connectivity index (χ0n) is 10.1. The first-order valence-corrected chi connectivity index (χ1v) is 5.30. The number of esters is 1. The lowest BCUT2D eigenvalue weighted by Gasteiger charge is -2.08. The summed E-state index contributed by atoms with van der Waals surface area (Å²) in [7, 11) is 1.28. The van der Waals surface area contributed by atoms with Crippen LogP contribution in [0.25, 0.3) is 0 Å². The van der Waals surface area contributed by atoms with E-state index in [4.69, 9.17) is 4.74 Å². The van der Waals surface area contributed by atoms with Gasteiger partial charge in [0.25, 0.3) is 0 Å². The Morgan fingerprint density at radius 3 is 2.78 bits per heavy atom. The van der Waals surface area contributed by atoms with Crippen LogP contribution in [-0.4, -0.2) is 31.2 Å². The molecular formula is C11H14N2O5. The molecule has 18 heavy (non-hydrogen) atoms. The molecular weight excluding hydrogens is 240 g/mol. The number of anilines is 1. The number of hydrogen-bond acceptors (Lipinski definition) is 6. The molecule has 1 rings (SSSR count). The lowest BCUT2D eigenvalue weighted by Crippen LogP contribution is -2.15. The minimum atomic E-state index is -0.519. The third-order valence-electron chi connectivity index (χ3n) is 2.12. The topological polar surface area (TPSA) is 90.7 Å². The first-order valence-electron chi connectivity index (χ1n) is 5.30. The maximum Gasteiger partial charge on any atom is 0.325 e. The molecule has 0 saturated heterocycles. The molecule has 1 aromatic carbocycles. The average molecular weight is 254 g/mol. The van der Waals surface area contributed by atoms with E-state index in [9.17, 15) is 14.9 Å². The number of carbonyl (C=O) groups excluding carboxylic acids is 1. The van der Waals surface area contributed by atoms with E-state index in [1.165, 1.54) is 25.3 Å². The molecule has 0 radical (unpaired) electrons. The molecule has 0 aliphatic heterocycles. The lowest BCUT2D eigenvalue weighted by atomic mass is 10.2. The zero-order valence-corrected chi connectivity index (χ0v) is 10.1. The minimum Gasteiger partial charge on any atom is -0.487 e. The smallest absolute Gasteiger partial charge is 0.325 e. The molecule has 0 fully saturated rings. The third-order valence-corrected chi connectivity index (χ3v) is 2.12. The molecule has 0 aliphatic rings. The SMILES string of the molecule is CCOc1cc(NCC(=O)OC)ccc1[N+](=O)[O-]. The molecule has 1 N–H and O–H groups in total. The highest BCUT2D eigenvalue weighted by Gasteiger charge is 2.15. The fourth-order valence-corrected chi connectivity index (χ4v) is 1.29. The van der Waals surface area contributed by atoms with Crippen molar-refractivity contribution in [1.29, 1.82) is 0 Å². The second-order valence-corrected chi connectivity index (χ2v) is 3.30. The summed E-state index contributed by atoms with van der Waals surface area (Å²) in [5, 5.41) is 13.5. The first-order chi connectivity index (χ1) is 8.58. The van der Waals surface area contributed by atoms with Gasteiger partial charge in [-0.15, -0.1) is 0 Å². The molecule has 0 aliphatic carbocycles. The first kappa shape index (κ1) is 13.8. The maximum absolute atomic E-state index is 10.9. The average Bonchev–Trinajstić information content (AvgIpc) is 2.36. The van der Waals surface area contributed by atoms with Gasteiger partial charge in [0.2, 0.25) is 0 Å². The van der Waals surface area contributed by atoms with Crippen LogP contribution in [-0.2, 0) is 9.53 Å². The highest BCUT2D eigenvalue weighted by Crippen LogP contribution is 2.29. The molecule has 0 aromatic heterocycles. The van der Waals surface area contributed by atoms with Gasteiger partial charge in [-0.1, -0.05) is 0 Å². The summed E-state index contributed by atoms with van der Waals surface area (Å²) < 4.78 is 9.64. The molecule has 0 unspecified atom stereocenters. The van der Waals surface area contributed by atoms with E-state index in [2.05, 4.69) is 10.1 Å². The number of methoxy groups -OCH3 is 1. The molecule has 7 heteroatoms. The van der Waals surface area contributed by atoms with Crippen LogP contribution in [0.5, 0.6) is 5.75 Å². The fraction of sp³-hybridized carbons (Fsp3) is 0.364. The van der Waals surface area contributed by atoms with Gasteiger partial charge in [-0.05, 0) is 13.0 Å². The number of hydrogen-bond donors (Lipinski definition) is 1. The molecule has 0 atom stereocenters. The second kappa shape index (κ2) is 6.43. The number of nitrogens with zero attached hydrogens (tertiary/aromatic N) is 1. The van der Waals surface area contributed by atoms with Crippen molar-refractivity contribution in [3.05, 3.63) is 28.3 Å². The second-order valence-electron chi connectivity index (χ2n) is 3.30. The Morgan fingerprint density at radius 1 is 1.50 bits per heavy atom. The van der Waals surface area contributed by atoms with Crippen molar-refractivity contribution in [2.24, 2.45) is 0 Å². The van der Waals surface area contributed by atoms with Crippen LogP contribution < -0.4 is 10.1 Å². The van der Waals surface area contributed by atoms with Crippen LogP contribution in [0.1, 0.15) is 6.92 Å². The monoisotopic (exact) mass is 254 g/mol. The highest BCUT2D eigenvalue weighted by molar-refractivity contribution is 5.75. The van der Waals surface area contributed by atoms with E-state index < -0.39 is 10.9 Å². The van der Waals surface area contributed by atoms with Crippen molar-refractivity contribution in [3.8, 4) is 5.75 Å². The summed E-state index contributed by atoms with van der Waals surface area (Å²) in [6.07, 6.45) is 0. The quantitative estimate of drug-likeness (QED) is 0.471. The Morgan fingerprint density at radius 2 is 2.22 bits per heavy atom. The van der Waals surface area contributed by atoms with Crippen molar-refractivity contribution in [3.63, 3.8) is 0 Å². The Balaban J connectivity index is 2.85. The van der Waals surface area contributed by atoms with E-state index >= 15 is 0 Å². The predicted molar refractivity (Wildman–Crippen MR) is 64.8 cm³/mol. The van der Waals surface area contributed by atoms with Gasteiger partial charge in [-0.25, -0.2) is 0 Å². The Kier molecular flexibility index (Phi) is 4.91. The largest absolute Gasteiger partial charge is 0.487 e. The highest BCUT2D eigenvalue weighted by atomic mass is 16.6. The molecule has 0 bridgehead atoms. The number of carbonyl (C=O) groups is 1. The Bertz CT molecular complexity index is 447. The molecule has 0 amide bonds. The maximum atomic E-state index is 10.9. The summed E-state index contributed by atoms with van der Waals surface area (Å²) in [5.41, 5.74) is 0.440. The van der Waals surface area contributed by atoms with Crippen LogP contribution >= 0.6 is 0 Å². The summed E-state index contributed by atoms with van der Waals surface area (Å²) >= 11 is 0. The van der Waals surface area contributed by atoms with Crippen molar-refractivity contribution in [2.75, 3.05) is 25.6 Å². The summed E-state index contributed by atoms with van der Waals surface area (Å²) in [6.45, 7) is 2.04. The Hall–Kier alpha value is -2.31. The van der Waals surface area contributed by atoms with Gasteiger partial charge in [0.1, 0.15) is 6.54 Å². The molecule has 0 heterocycles. The van der Waals surface area contributed by atoms with Gasteiger partial charge >= 0.3 is 11.7 Å². The van der Waals surface area contributed by atoms with Crippen LogP contribution in [0.3, 0.4) is 0 Å². The van der Waals surface area contributed by atoms with E-state index in [1.54, 1.807) is 6.92 Å². The number of nitro benzene ring substituents is 1. The van der Waals surface area contributed by atoms with Crippen molar-refractivity contribution < 1.29 is 19.2 Å². The third kappa shape index (κ3) is 3.62. The lowest BCUT2D eigenvalue weighted by molar-refractivity contribution is -0.385. The van der Waals surface area contributed by atoms with E-state index in [0.717, 1.165) is 0 Å². The van der Waals surface area contributed by atoms with Gasteiger partial charge in [-0.2, -0.15) is 0 Å². The van der Waals surface area contributed by atoms with Crippen molar-refractivity contribution in [2.45, 2.75) is 6.92 Å². The molecule has 0 spiro atoms. The predicted octanol–water partition coefficient (Wildman–Crippen LogP) is 1.58. The molecule has 1 aromatic rings. The molecule has 7 nitrogen and oxygen atoms in total. The Labute approximate surface area is 104 Å². The molecule has 98 valence electrons. The number of rotatable bonds is 6. The van der Waals surface area contributed by atoms with Gasteiger partial charge in [-0.3, -0.25) is 14.9 Å². The van der Waals surface area contributed by atoms with Gasteiger partial charge in [0.05, 0.1) is 18.6 Å². The van der Waals surface area contributed by atoms with Crippen LogP contribution in [0.2, 0.25) is 0 Å². The van der Waals surface area contributed by atoms with Crippen LogP contribution in [0, 0.1) is 10.1 Å². The normalized spacial score (nSPS) is 9.67. The summed E-state index contributed by atoms with van der Waals surface area (Å²) in [5.74, 6) is -0.260. The van der Waals surface area contributed by atoms with E-state index in [0.29, 0.717) is 12.3 Å². The standard InChI is InChI=1S/C11H14N2O5/c1-3-18-10-6-8(12-7-11(14)17-2)4-5-9(10)13(15)16/h4-6,12H,3,7H2,1-2H3. The number of ether oxygens (including phenoxy) is 2. The number of benzene rings is 1. The fourth-order valence-electron chi connectivity index (χ4n) is 1.29. The van der Waals surface area contributed by atoms with Gasteiger partial charge in [0.15, 0.2) is 5.75 Å². The van der Waals surface area contributed by atoms with E-state index in [1.807, 2.05) is 0 Å². The van der Waals surface area contributed by atoms with Gasteiger partial charge < -0.3 is 14.8 Å². The van der Waals surface area contributed by atoms with Gasteiger partial charge in [0, 0.05) is 17.8 Å². The van der Waals surface area contributed by atoms with E-state index in [-0.39, 0.29) is 18.0 Å². The minimum absolute atomic E-state index is 0.0140. The van der Waals surface area contributed by atoms with Crippen LogP contribution in [0.15, 0.2) is 18.2 Å². The van der Waals surface area contributed by atoms with Crippen molar-refractivity contribution >= 4 is 17.3 Å². The number of nitro groups is 1. The zero-order chi connectivity index (χ0) is 13.5. The van der Waals surface area contributed by atoms with Crippen LogP contribution in [0.4, 0.5) is 11.4 Å². The summed E-state index contributed by atoms with van der Waals surface area (Å²) in [4.78, 5) is 21.2. The summed E-state index contributed by atoms with van der Waals surface area (Å²) in [6, 6.07) is 4.30. The molecule has 0 saturated carbocycles. The van der Waals surface area contributed by atoms with Crippen molar-refractivity contribution in [1.82, 2.24) is 0 Å².